The van der Waals surface area contributed by atoms with Gasteiger partial charge in [0.25, 0.3) is 0 Å². The number of carbonyl (C=O) groups excluding carboxylic acids is 1. The zero-order chi connectivity index (χ0) is 16.9. The van der Waals surface area contributed by atoms with Crippen molar-refractivity contribution in [3.8, 4) is 0 Å². The van der Waals surface area contributed by atoms with Crippen LogP contribution in [0.2, 0.25) is 0 Å². The second-order valence-corrected chi connectivity index (χ2v) is 5.86. The lowest BCUT2D eigenvalue weighted by Gasteiger charge is -2.14. The Hall–Kier alpha value is -2.89. The smallest absolute Gasteiger partial charge is 0.337 e. The van der Waals surface area contributed by atoms with Gasteiger partial charge >= 0.3 is 12.0 Å². The van der Waals surface area contributed by atoms with Gasteiger partial charge in [-0.2, -0.15) is 0 Å². The van der Waals surface area contributed by atoms with Crippen molar-refractivity contribution in [3.63, 3.8) is 0 Å². The van der Waals surface area contributed by atoms with E-state index in [1.807, 2.05) is 12.1 Å². The summed E-state index contributed by atoms with van der Waals surface area (Å²) in [5, 5.41) is 11.8. The molecule has 6 nitrogen and oxygen atoms in total. The minimum Gasteiger partial charge on any atom is -0.478 e. The van der Waals surface area contributed by atoms with Gasteiger partial charge in [-0.05, 0) is 35.6 Å². The summed E-state index contributed by atoms with van der Waals surface area (Å²) in [6.45, 7) is 2.07. The predicted molar refractivity (Wildman–Crippen MR) is 88.9 cm³/mol. The topological polar surface area (TPSA) is 82.5 Å². The third-order valence-electron chi connectivity index (χ3n) is 4.09. The molecule has 1 aliphatic heterocycles. The number of carboxylic acids is 1. The molecular weight excluding hydrogens is 306 g/mol. The maximum Gasteiger partial charge on any atom is 0.337 e. The van der Waals surface area contributed by atoms with Crippen LogP contribution in [-0.4, -0.2) is 40.1 Å². The highest BCUT2D eigenvalue weighted by Gasteiger charge is 2.18. The number of pyridine rings is 1. The molecular formula is C18H19N3O3. The largest absolute Gasteiger partial charge is 0.478 e. The number of aromatic nitrogens is 1. The van der Waals surface area contributed by atoms with Crippen LogP contribution in [-0.2, 0) is 19.4 Å². The second kappa shape index (κ2) is 7.12. The second-order valence-electron chi connectivity index (χ2n) is 5.86. The van der Waals surface area contributed by atoms with Gasteiger partial charge in [-0.3, -0.25) is 4.98 Å². The lowest BCUT2D eigenvalue weighted by atomic mass is 10.0. The third-order valence-corrected chi connectivity index (χ3v) is 4.09. The highest BCUT2D eigenvalue weighted by atomic mass is 16.4. The van der Waals surface area contributed by atoms with E-state index in [0.717, 1.165) is 30.5 Å². The molecule has 1 aromatic heterocycles. The summed E-state index contributed by atoms with van der Waals surface area (Å²) in [6.07, 6.45) is 4.61. The van der Waals surface area contributed by atoms with E-state index >= 15 is 0 Å². The molecule has 2 heterocycles. The van der Waals surface area contributed by atoms with Gasteiger partial charge in [0.1, 0.15) is 0 Å². The Morgan fingerprint density at radius 3 is 2.50 bits per heavy atom. The number of carbonyl (C=O) groups is 2. The molecule has 2 amide bonds. The molecule has 1 fully saturated rings. The van der Waals surface area contributed by atoms with Crippen molar-refractivity contribution >= 4 is 12.0 Å². The first-order chi connectivity index (χ1) is 11.6. The number of aryl methyl sites for hydroxylation is 2. The van der Waals surface area contributed by atoms with Gasteiger partial charge in [0.2, 0.25) is 0 Å². The van der Waals surface area contributed by atoms with Crippen molar-refractivity contribution in [2.75, 3.05) is 13.1 Å². The summed E-state index contributed by atoms with van der Waals surface area (Å²) >= 11 is 0. The zero-order valence-electron chi connectivity index (χ0n) is 13.2. The molecule has 1 aliphatic rings. The summed E-state index contributed by atoms with van der Waals surface area (Å²) in [7, 11) is 0. The quantitative estimate of drug-likeness (QED) is 0.852. The molecule has 0 bridgehead atoms. The molecule has 0 radical (unpaired) electrons. The third kappa shape index (κ3) is 3.90. The standard InChI is InChI=1S/C18H19N3O3/c22-17(23)16-9-15(10-19-11-16)6-3-13-1-4-14(5-2-13)12-21-8-7-20-18(21)24/h1-2,4-5,9-11H,3,6-8,12H2,(H,20,24)(H,22,23). The minimum absolute atomic E-state index is 0.00936. The highest BCUT2D eigenvalue weighted by molar-refractivity contribution is 5.87. The Morgan fingerprint density at radius 1 is 1.12 bits per heavy atom. The van der Waals surface area contributed by atoms with Gasteiger partial charge in [-0.25, -0.2) is 9.59 Å². The van der Waals surface area contributed by atoms with Gasteiger partial charge < -0.3 is 15.3 Å². The van der Waals surface area contributed by atoms with E-state index < -0.39 is 5.97 Å². The van der Waals surface area contributed by atoms with Gasteiger partial charge in [0, 0.05) is 32.0 Å². The van der Waals surface area contributed by atoms with Crippen LogP contribution >= 0.6 is 0 Å². The fourth-order valence-corrected chi connectivity index (χ4v) is 2.72. The van der Waals surface area contributed by atoms with Crippen LogP contribution in [0.3, 0.4) is 0 Å². The van der Waals surface area contributed by atoms with Gasteiger partial charge in [0.05, 0.1) is 5.56 Å². The number of amides is 2. The van der Waals surface area contributed by atoms with Gasteiger partial charge in [-0.1, -0.05) is 24.3 Å². The summed E-state index contributed by atoms with van der Waals surface area (Å²) in [4.78, 5) is 28.3. The number of rotatable bonds is 6. The Morgan fingerprint density at radius 2 is 1.83 bits per heavy atom. The fraction of sp³-hybridized carbons (Fsp3) is 0.278. The molecule has 0 aliphatic carbocycles. The average molecular weight is 325 g/mol. The summed E-state index contributed by atoms with van der Waals surface area (Å²) < 4.78 is 0. The minimum atomic E-state index is -0.959. The Labute approximate surface area is 140 Å². The molecule has 0 spiro atoms. The maximum atomic E-state index is 11.5. The maximum absolute atomic E-state index is 11.5. The predicted octanol–water partition coefficient (Wildman–Crippen LogP) is 2.09. The molecule has 124 valence electrons. The molecule has 0 saturated carbocycles. The van der Waals surface area contributed by atoms with Crippen LogP contribution < -0.4 is 5.32 Å². The first-order valence-electron chi connectivity index (χ1n) is 7.89. The first kappa shape index (κ1) is 16.0. The lowest BCUT2D eigenvalue weighted by Crippen LogP contribution is -2.27. The highest BCUT2D eigenvalue weighted by Crippen LogP contribution is 2.12. The van der Waals surface area contributed by atoms with Crippen molar-refractivity contribution in [3.05, 3.63) is 65.0 Å². The van der Waals surface area contributed by atoms with E-state index in [1.165, 1.54) is 11.8 Å². The van der Waals surface area contributed by atoms with Crippen molar-refractivity contribution in [2.24, 2.45) is 0 Å². The zero-order valence-corrected chi connectivity index (χ0v) is 13.2. The van der Waals surface area contributed by atoms with Crippen LogP contribution in [0.4, 0.5) is 4.79 Å². The molecule has 2 N–H and O–H groups in total. The van der Waals surface area contributed by atoms with Crippen LogP contribution in [0.25, 0.3) is 0 Å². The normalized spacial score (nSPS) is 13.8. The van der Waals surface area contributed by atoms with Crippen LogP contribution in [0.5, 0.6) is 0 Å². The number of nitrogens with one attached hydrogen (secondary N) is 1. The molecule has 2 aromatic rings. The fourth-order valence-electron chi connectivity index (χ4n) is 2.72. The summed E-state index contributed by atoms with van der Waals surface area (Å²) in [5.74, 6) is -0.959. The lowest BCUT2D eigenvalue weighted by molar-refractivity contribution is 0.0696. The SMILES string of the molecule is O=C(O)c1cncc(CCc2ccc(CN3CCNC3=O)cc2)c1. The molecule has 3 rings (SSSR count). The van der Waals surface area contributed by atoms with E-state index in [4.69, 9.17) is 5.11 Å². The molecule has 0 atom stereocenters. The Kier molecular flexibility index (Phi) is 4.74. The summed E-state index contributed by atoms with van der Waals surface area (Å²) in [5.41, 5.74) is 3.40. The van der Waals surface area contributed by atoms with E-state index in [2.05, 4.69) is 22.4 Å². The van der Waals surface area contributed by atoms with Gasteiger partial charge in [0.15, 0.2) is 0 Å². The van der Waals surface area contributed by atoms with Gasteiger partial charge in [-0.15, -0.1) is 0 Å². The van der Waals surface area contributed by atoms with E-state index in [1.54, 1.807) is 17.2 Å². The molecule has 0 unspecified atom stereocenters. The average Bonchev–Trinajstić information content (AvgIpc) is 2.99. The van der Waals surface area contributed by atoms with E-state index in [9.17, 15) is 9.59 Å². The van der Waals surface area contributed by atoms with E-state index in [0.29, 0.717) is 13.1 Å². The molecule has 1 saturated heterocycles. The molecule has 6 heteroatoms. The van der Waals surface area contributed by atoms with Crippen LogP contribution in [0, 0.1) is 0 Å². The van der Waals surface area contributed by atoms with Crippen molar-refractivity contribution in [1.29, 1.82) is 0 Å². The molecule has 1 aromatic carbocycles. The number of aromatic carboxylic acids is 1. The van der Waals surface area contributed by atoms with E-state index in [-0.39, 0.29) is 11.6 Å². The number of hydrogen-bond donors (Lipinski definition) is 2. The van der Waals surface area contributed by atoms with Crippen molar-refractivity contribution < 1.29 is 14.7 Å². The number of hydrogen-bond acceptors (Lipinski definition) is 3. The Bertz CT molecular complexity index is 743. The number of urea groups is 1. The monoisotopic (exact) mass is 325 g/mol. The number of benzene rings is 1. The van der Waals surface area contributed by atoms with Crippen molar-refractivity contribution in [1.82, 2.24) is 15.2 Å². The molecule has 24 heavy (non-hydrogen) atoms. The first-order valence-corrected chi connectivity index (χ1v) is 7.89. The van der Waals surface area contributed by atoms with Crippen LogP contribution in [0.1, 0.15) is 27.0 Å². The summed E-state index contributed by atoms with van der Waals surface area (Å²) in [6, 6.07) is 9.83. The number of carboxylic acid groups (broad SMARTS) is 1. The Balaban J connectivity index is 1.57. The van der Waals surface area contributed by atoms with Crippen LogP contribution in [0.15, 0.2) is 42.7 Å². The van der Waals surface area contributed by atoms with Crippen molar-refractivity contribution in [2.45, 2.75) is 19.4 Å². The number of nitrogens with zero attached hydrogens (tertiary/aromatic N) is 2.